The van der Waals surface area contributed by atoms with Crippen molar-refractivity contribution in [3.05, 3.63) is 24.3 Å². The number of nitrogens with one attached hydrogen (secondary N) is 2. The Kier molecular flexibility index (Phi) is 6.11. The Labute approximate surface area is 145 Å². The maximum atomic E-state index is 12.5. The molecule has 2 amide bonds. The molecular weight excluding hydrogens is 300 g/mol. The topological polar surface area (TPSA) is 58.2 Å². The van der Waals surface area contributed by atoms with Crippen LogP contribution in [-0.2, 0) is 9.59 Å². The summed E-state index contributed by atoms with van der Waals surface area (Å²) in [6.07, 6.45) is 17.8. The second-order valence-electron chi connectivity index (χ2n) is 7.54. The lowest BCUT2D eigenvalue weighted by atomic mass is 9.83. The minimum absolute atomic E-state index is 0.0803. The molecule has 3 aliphatic rings. The summed E-state index contributed by atoms with van der Waals surface area (Å²) in [6, 6.07) is 0.0803. The fourth-order valence-electron chi connectivity index (χ4n) is 4.19. The number of hydrogen-bond donors (Lipinski definition) is 2. The molecule has 0 aromatic heterocycles. The Bertz CT molecular complexity index is 490. The van der Waals surface area contributed by atoms with Crippen molar-refractivity contribution in [1.29, 1.82) is 0 Å². The Morgan fingerprint density at radius 1 is 0.833 bits per heavy atom. The van der Waals surface area contributed by atoms with E-state index in [4.69, 9.17) is 0 Å². The van der Waals surface area contributed by atoms with Gasteiger partial charge in [0.05, 0.1) is 0 Å². The van der Waals surface area contributed by atoms with E-state index >= 15 is 0 Å². The van der Waals surface area contributed by atoms with Gasteiger partial charge in [-0.15, -0.1) is 0 Å². The third kappa shape index (κ3) is 4.49. The smallest absolute Gasteiger partial charge is 0.224 e. The standard InChI is InChI=1S/C20H30N2O2/c23-19(16-10-4-5-11-16)21-14-18(15-8-2-1-3-9-15)22-20(24)17-12-6-7-13-17/h4-7,15-18H,1-3,8-14H2,(H,21,23)(H,22,24)/t18-/m0/s1. The predicted molar refractivity (Wildman–Crippen MR) is 95.2 cm³/mol. The number of rotatable bonds is 6. The van der Waals surface area contributed by atoms with Crippen LogP contribution in [0.4, 0.5) is 0 Å². The SMILES string of the molecule is O=C(NC[C@H](NC(=O)C1CC=CC1)C1CCCCC1)C1CC=CC1. The molecule has 3 aliphatic carbocycles. The van der Waals surface area contributed by atoms with Gasteiger partial charge >= 0.3 is 0 Å². The molecule has 0 spiro atoms. The molecule has 132 valence electrons. The van der Waals surface area contributed by atoms with Gasteiger partial charge in [0.1, 0.15) is 0 Å². The molecule has 0 aromatic rings. The van der Waals surface area contributed by atoms with Crippen molar-refractivity contribution < 1.29 is 9.59 Å². The summed E-state index contributed by atoms with van der Waals surface area (Å²) in [7, 11) is 0. The van der Waals surface area contributed by atoms with E-state index in [1.807, 2.05) is 0 Å². The summed E-state index contributed by atoms with van der Waals surface area (Å²) < 4.78 is 0. The molecule has 1 saturated carbocycles. The van der Waals surface area contributed by atoms with Crippen molar-refractivity contribution in [3.63, 3.8) is 0 Å². The summed E-state index contributed by atoms with van der Waals surface area (Å²) in [4.78, 5) is 24.8. The molecular formula is C20H30N2O2. The zero-order chi connectivity index (χ0) is 16.8. The molecule has 1 fully saturated rings. The third-order valence-corrected chi connectivity index (χ3v) is 5.80. The van der Waals surface area contributed by atoms with E-state index in [0.717, 1.165) is 38.5 Å². The van der Waals surface area contributed by atoms with Crippen LogP contribution in [0.15, 0.2) is 24.3 Å². The lowest BCUT2D eigenvalue weighted by molar-refractivity contribution is -0.127. The van der Waals surface area contributed by atoms with Gasteiger partial charge in [-0.3, -0.25) is 9.59 Å². The van der Waals surface area contributed by atoms with Crippen molar-refractivity contribution in [2.24, 2.45) is 17.8 Å². The normalized spacial score (nSPS) is 23.5. The van der Waals surface area contributed by atoms with Crippen LogP contribution >= 0.6 is 0 Å². The van der Waals surface area contributed by atoms with Crippen molar-refractivity contribution in [2.75, 3.05) is 6.54 Å². The number of carbonyl (C=O) groups excluding carboxylic acids is 2. The first-order chi connectivity index (χ1) is 11.7. The van der Waals surface area contributed by atoms with Crippen LogP contribution in [0.5, 0.6) is 0 Å². The Hall–Kier alpha value is -1.58. The Balaban J connectivity index is 1.54. The van der Waals surface area contributed by atoms with Gasteiger partial charge in [-0.05, 0) is 44.4 Å². The Morgan fingerprint density at radius 2 is 1.38 bits per heavy atom. The van der Waals surface area contributed by atoms with Crippen molar-refractivity contribution in [3.8, 4) is 0 Å². The first-order valence-electron chi connectivity index (χ1n) is 9.62. The average Bonchev–Trinajstić information content (AvgIpc) is 3.32. The van der Waals surface area contributed by atoms with Crippen LogP contribution < -0.4 is 10.6 Å². The second kappa shape index (κ2) is 8.50. The number of hydrogen-bond acceptors (Lipinski definition) is 2. The largest absolute Gasteiger partial charge is 0.354 e. The van der Waals surface area contributed by atoms with Gasteiger partial charge in [-0.1, -0.05) is 43.6 Å². The van der Waals surface area contributed by atoms with Gasteiger partial charge in [-0.2, -0.15) is 0 Å². The number of carbonyl (C=O) groups is 2. The van der Waals surface area contributed by atoms with E-state index in [0.29, 0.717) is 12.5 Å². The monoisotopic (exact) mass is 330 g/mol. The number of allylic oxidation sites excluding steroid dienone is 4. The maximum absolute atomic E-state index is 12.5. The first kappa shape index (κ1) is 17.2. The van der Waals surface area contributed by atoms with Crippen molar-refractivity contribution in [1.82, 2.24) is 10.6 Å². The molecule has 0 aromatic carbocycles. The highest BCUT2D eigenvalue weighted by atomic mass is 16.2. The number of amides is 2. The summed E-state index contributed by atoms with van der Waals surface area (Å²) >= 11 is 0. The van der Waals surface area contributed by atoms with Gasteiger partial charge in [0.25, 0.3) is 0 Å². The minimum Gasteiger partial charge on any atom is -0.354 e. The summed E-state index contributed by atoms with van der Waals surface area (Å²) in [5.74, 6) is 0.974. The molecule has 4 nitrogen and oxygen atoms in total. The highest BCUT2D eigenvalue weighted by Gasteiger charge is 2.29. The van der Waals surface area contributed by atoms with Gasteiger partial charge in [0.15, 0.2) is 0 Å². The molecule has 0 radical (unpaired) electrons. The van der Waals surface area contributed by atoms with Gasteiger partial charge in [0, 0.05) is 24.4 Å². The lowest BCUT2D eigenvalue weighted by Gasteiger charge is -2.32. The first-order valence-corrected chi connectivity index (χ1v) is 9.62. The molecule has 0 heterocycles. The van der Waals surface area contributed by atoms with Gasteiger partial charge in [-0.25, -0.2) is 0 Å². The van der Waals surface area contributed by atoms with E-state index in [-0.39, 0.29) is 29.7 Å². The van der Waals surface area contributed by atoms with Crippen LogP contribution in [0.3, 0.4) is 0 Å². The molecule has 24 heavy (non-hydrogen) atoms. The average molecular weight is 330 g/mol. The zero-order valence-corrected chi connectivity index (χ0v) is 14.5. The highest BCUT2D eigenvalue weighted by molar-refractivity contribution is 5.81. The fraction of sp³-hybridized carbons (Fsp3) is 0.700. The molecule has 4 heteroatoms. The zero-order valence-electron chi connectivity index (χ0n) is 14.5. The maximum Gasteiger partial charge on any atom is 0.224 e. The molecule has 1 atom stereocenters. The Morgan fingerprint density at radius 3 is 1.96 bits per heavy atom. The predicted octanol–water partition coefficient (Wildman–Crippen LogP) is 3.10. The van der Waals surface area contributed by atoms with Gasteiger partial charge in [0.2, 0.25) is 11.8 Å². The summed E-state index contributed by atoms with van der Waals surface area (Å²) in [5.41, 5.74) is 0. The summed E-state index contributed by atoms with van der Waals surface area (Å²) in [6.45, 7) is 0.575. The molecule has 0 bridgehead atoms. The molecule has 0 saturated heterocycles. The summed E-state index contributed by atoms with van der Waals surface area (Å²) in [5, 5.41) is 6.37. The van der Waals surface area contributed by atoms with E-state index in [1.54, 1.807) is 0 Å². The fourth-order valence-corrected chi connectivity index (χ4v) is 4.19. The van der Waals surface area contributed by atoms with E-state index in [1.165, 1.54) is 19.3 Å². The van der Waals surface area contributed by atoms with E-state index in [9.17, 15) is 9.59 Å². The third-order valence-electron chi connectivity index (χ3n) is 5.80. The van der Waals surface area contributed by atoms with Gasteiger partial charge < -0.3 is 10.6 Å². The van der Waals surface area contributed by atoms with Crippen molar-refractivity contribution in [2.45, 2.75) is 63.8 Å². The molecule has 0 aliphatic heterocycles. The van der Waals surface area contributed by atoms with Crippen LogP contribution in [0.1, 0.15) is 57.8 Å². The quantitative estimate of drug-likeness (QED) is 0.735. The lowest BCUT2D eigenvalue weighted by Crippen LogP contribution is -2.50. The molecule has 0 unspecified atom stereocenters. The highest BCUT2D eigenvalue weighted by Crippen LogP contribution is 2.27. The van der Waals surface area contributed by atoms with Crippen molar-refractivity contribution >= 4 is 11.8 Å². The molecule has 2 N–H and O–H groups in total. The molecule has 3 rings (SSSR count). The second-order valence-corrected chi connectivity index (χ2v) is 7.54. The van der Waals surface area contributed by atoms with E-state index < -0.39 is 0 Å². The van der Waals surface area contributed by atoms with Crippen LogP contribution in [0.25, 0.3) is 0 Å². The minimum atomic E-state index is 0.0803. The van der Waals surface area contributed by atoms with Crippen LogP contribution in [0.2, 0.25) is 0 Å². The van der Waals surface area contributed by atoms with Crippen LogP contribution in [0, 0.1) is 17.8 Å². The van der Waals surface area contributed by atoms with E-state index in [2.05, 4.69) is 34.9 Å². The van der Waals surface area contributed by atoms with Crippen LogP contribution in [-0.4, -0.2) is 24.4 Å².